The van der Waals surface area contributed by atoms with Gasteiger partial charge < -0.3 is 10.3 Å². The monoisotopic (exact) mass is 274 g/mol. The Labute approximate surface area is 106 Å². The molecule has 5 nitrogen and oxygen atoms in total. The molecular formula is C10H8Cl2N2O3. The topological polar surface area (TPSA) is 86.3 Å². The van der Waals surface area contributed by atoms with Crippen molar-refractivity contribution < 1.29 is 10.3 Å². The quantitative estimate of drug-likeness (QED) is 0.628. The molecule has 0 unspecified atom stereocenters. The fraction of sp³-hybridized carbons (Fsp3) is 0. The zero-order valence-corrected chi connectivity index (χ0v) is 9.92. The summed E-state index contributed by atoms with van der Waals surface area (Å²) in [6, 6.07) is 3.72. The Morgan fingerprint density at radius 2 is 2.06 bits per heavy atom. The van der Waals surface area contributed by atoms with E-state index in [4.69, 9.17) is 17.0 Å². The predicted octanol–water partition coefficient (Wildman–Crippen LogP) is 1.07. The molecule has 0 spiro atoms. The lowest BCUT2D eigenvalue weighted by Gasteiger charge is -1.98. The third-order valence-electron chi connectivity index (χ3n) is 2.17. The summed E-state index contributed by atoms with van der Waals surface area (Å²) in [6.07, 6.45) is 1.23. The molecule has 1 aliphatic heterocycles. The van der Waals surface area contributed by atoms with Gasteiger partial charge in [-0.25, -0.2) is 0 Å². The third kappa shape index (κ3) is 2.07. The molecule has 0 aromatic rings. The van der Waals surface area contributed by atoms with E-state index in [9.17, 15) is 15.1 Å². The number of halogens is 2. The molecule has 0 atom stereocenters. The Morgan fingerprint density at radius 1 is 1.41 bits per heavy atom. The number of aromatic nitrogens is 1. The van der Waals surface area contributed by atoms with E-state index in [-0.39, 0.29) is 39.1 Å². The molecule has 2 aliphatic rings. The second-order valence-electron chi connectivity index (χ2n) is 3.20. The number of nitrogens with one attached hydrogen (secondary N) is 1. The lowest BCUT2D eigenvalue weighted by atomic mass is 10.2. The van der Waals surface area contributed by atoms with Gasteiger partial charge in [0.1, 0.15) is 16.5 Å². The molecule has 0 saturated heterocycles. The largest absolute Gasteiger partial charge is 0.507 e. The van der Waals surface area contributed by atoms with E-state index < -0.39 is 5.43 Å². The van der Waals surface area contributed by atoms with Gasteiger partial charge in [0.2, 0.25) is 5.43 Å². The van der Waals surface area contributed by atoms with Crippen molar-refractivity contribution in [1.82, 2.24) is 4.73 Å². The SMILES string of the molecule is Cl.N=c1cc(Cl)c2n(O)cccc(O)c=2c1=O. The summed E-state index contributed by atoms with van der Waals surface area (Å²) in [7, 11) is 0. The van der Waals surface area contributed by atoms with Gasteiger partial charge in [-0.3, -0.25) is 10.2 Å². The van der Waals surface area contributed by atoms with Gasteiger partial charge in [0.25, 0.3) is 0 Å². The van der Waals surface area contributed by atoms with Crippen LogP contribution in [0.1, 0.15) is 0 Å². The summed E-state index contributed by atoms with van der Waals surface area (Å²) in [6.45, 7) is 0. The molecule has 2 rings (SSSR count). The highest BCUT2D eigenvalue weighted by molar-refractivity contribution is 6.30. The van der Waals surface area contributed by atoms with Gasteiger partial charge in [-0.2, -0.15) is 4.73 Å². The first kappa shape index (κ1) is 13.3. The summed E-state index contributed by atoms with van der Waals surface area (Å²) < 4.78 is 0.637. The van der Waals surface area contributed by atoms with Crippen molar-refractivity contribution in [3.63, 3.8) is 0 Å². The van der Waals surface area contributed by atoms with Gasteiger partial charge in [0.05, 0.1) is 10.2 Å². The molecule has 0 amide bonds. The number of hydrogen-bond donors (Lipinski definition) is 3. The summed E-state index contributed by atoms with van der Waals surface area (Å²) >= 11 is 5.82. The average Bonchev–Trinajstić information content (AvgIpc) is 2.35. The minimum atomic E-state index is -0.684. The van der Waals surface area contributed by atoms with Crippen LogP contribution in [-0.2, 0) is 0 Å². The van der Waals surface area contributed by atoms with Crippen LogP contribution < -0.4 is 10.8 Å². The molecule has 0 radical (unpaired) electrons. The second-order valence-corrected chi connectivity index (χ2v) is 3.60. The first-order chi connectivity index (χ1) is 7.52. The summed E-state index contributed by atoms with van der Waals surface area (Å²) in [4.78, 5) is 11.7. The fourth-order valence-corrected chi connectivity index (χ4v) is 1.75. The lowest BCUT2D eigenvalue weighted by Crippen LogP contribution is -2.25. The standard InChI is InChI=1S/C10H7ClN2O3.ClH/c11-5-4-6(12)10(15)8-7(14)2-1-3-13(16)9(5)8;/h1-4,12,14,16H;1H. The van der Waals surface area contributed by atoms with Crippen molar-refractivity contribution >= 4 is 24.0 Å². The van der Waals surface area contributed by atoms with E-state index in [1.54, 1.807) is 0 Å². The third-order valence-corrected chi connectivity index (χ3v) is 2.46. The highest BCUT2D eigenvalue weighted by Crippen LogP contribution is 2.13. The zero-order valence-electron chi connectivity index (χ0n) is 8.35. The number of rotatable bonds is 0. The van der Waals surface area contributed by atoms with Crippen LogP contribution in [0.25, 0.3) is 0 Å². The minimum Gasteiger partial charge on any atom is -0.507 e. The molecule has 7 heteroatoms. The van der Waals surface area contributed by atoms with Crippen molar-refractivity contribution in [3.8, 4) is 5.75 Å². The highest BCUT2D eigenvalue weighted by Gasteiger charge is 2.07. The van der Waals surface area contributed by atoms with Crippen LogP contribution in [0.15, 0.2) is 29.2 Å². The molecule has 0 aromatic carbocycles. The van der Waals surface area contributed by atoms with E-state index in [2.05, 4.69) is 0 Å². The van der Waals surface area contributed by atoms with Gasteiger partial charge in [-0.05, 0) is 18.2 Å². The predicted molar refractivity (Wildman–Crippen MR) is 63.0 cm³/mol. The van der Waals surface area contributed by atoms with E-state index in [1.165, 1.54) is 18.3 Å². The van der Waals surface area contributed by atoms with Crippen molar-refractivity contribution in [2.75, 3.05) is 0 Å². The van der Waals surface area contributed by atoms with Gasteiger partial charge >= 0.3 is 0 Å². The molecule has 90 valence electrons. The second kappa shape index (κ2) is 4.65. The number of aromatic hydroxyl groups is 1. The molecule has 1 heterocycles. The molecule has 17 heavy (non-hydrogen) atoms. The smallest absolute Gasteiger partial charge is 0.216 e. The highest BCUT2D eigenvalue weighted by atomic mass is 35.5. The summed E-state index contributed by atoms with van der Waals surface area (Å²) in [5.74, 6) is -0.330. The molecule has 0 saturated carbocycles. The Morgan fingerprint density at radius 3 is 2.71 bits per heavy atom. The molecule has 0 aromatic heterocycles. The van der Waals surface area contributed by atoms with Crippen molar-refractivity contribution in [3.05, 3.63) is 55.6 Å². The van der Waals surface area contributed by atoms with Crippen LogP contribution in [-0.4, -0.2) is 15.0 Å². The van der Waals surface area contributed by atoms with E-state index in [0.29, 0.717) is 4.73 Å². The van der Waals surface area contributed by atoms with Gasteiger partial charge in [0.15, 0.2) is 0 Å². The number of nitrogens with zero attached hydrogens (tertiary/aromatic N) is 1. The summed E-state index contributed by atoms with van der Waals surface area (Å²) in [5, 5.41) is 26.1. The Kier molecular flexibility index (Phi) is 3.65. The maximum atomic E-state index is 11.7. The van der Waals surface area contributed by atoms with Crippen LogP contribution in [0, 0.1) is 16.0 Å². The Hall–Kier alpha value is -1.72. The van der Waals surface area contributed by atoms with Crippen LogP contribution in [0.3, 0.4) is 0 Å². The number of hydrogen-bond acceptors (Lipinski definition) is 4. The average molecular weight is 275 g/mol. The van der Waals surface area contributed by atoms with Gasteiger partial charge in [-0.1, -0.05) is 11.6 Å². The maximum Gasteiger partial charge on any atom is 0.216 e. The minimum absolute atomic E-state index is 0. The van der Waals surface area contributed by atoms with Gasteiger partial charge in [-0.15, -0.1) is 12.4 Å². The van der Waals surface area contributed by atoms with Crippen molar-refractivity contribution in [2.45, 2.75) is 0 Å². The molecule has 0 bridgehead atoms. The van der Waals surface area contributed by atoms with Crippen molar-refractivity contribution in [2.24, 2.45) is 0 Å². The normalized spacial score (nSPS) is 9.94. The van der Waals surface area contributed by atoms with Crippen LogP contribution in [0.5, 0.6) is 5.75 Å². The summed E-state index contributed by atoms with van der Waals surface area (Å²) in [5.41, 5.74) is -0.684. The zero-order chi connectivity index (χ0) is 11.9. The maximum absolute atomic E-state index is 11.7. The van der Waals surface area contributed by atoms with E-state index in [0.717, 1.165) is 6.07 Å². The van der Waals surface area contributed by atoms with Crippen LogP contribution in [0.4, 0.5) is 0 Å². The molecular weight excluding hydrogens is 267 g/mol. The molecule has 0 fully saturated rings. The lowest BCUT2D eigenvalue weighted by molar-refractivity contribution is 0.178. The van der Waals surface area contributed by atoms with Crippen LogP contribution >= 0.6 is 24.0 Å². The van der Waals surface area contributed by atoms with Crippen molar-refractivity contribution in [1.29, 1.82) is 5.41 Å². The van der Waals surface area contributed by atoms with E-state index in [1.807, 2.05) is 0 Å². The first-order valence-corrected chi connectivity index (χ1v) is 4.71. The van der Waals surface area contributed by atoms with Gasteiger partial charge in [0, 0.05) is 6.20 Å². The molecule has 1 aliphatic carbocycles. The fourth-order valence-electron chi connectivity index (χ4n) is 1.46. The molecule has 3 N–H and O–H groups in total. The van der Waals surface area contributed by atoms with E-state index >= 15 is 0 Å². The first-order valence-electron chi connectivity index (χ1n) is 4.33. The Balaban J connectivity index is 0.00000144. The van der Waals surface area contributed by atoms with Crippen LogP contribution in [0.2, 0.25) is 5.02 Å². The Bertz CT molecular complexity index is 742.